The molecular weight excluding hydrogens is 394 g/mol. The number of nitrogens with zero attached hydrogens (tertiary/aromatic N) is 1. The molecule has 28 heavy (non-hydrogen) atoms. The number of thioether (sulfide) groups is 1. The number of hydrogen-bond donors (Lipinski definition) is 2. The van der Waals surface area contributed by atoms with Gasteiger partial charge in [0.1, 0.15) is 5.75 Å². The van der Waals surface area contributed by atoms with Gasteiger partial charge in [-0.15, -0.1) is 0 Å². The minimum absolute atomic E-state index is 0.244. The lowest BCUT2D eigenvalue weighted by Gasteiger charge is -2.30. The SMILES string of the molecule is CC(C)(Oc1ccc(Cl)cc1)C(=O)Nc1cccc(C2(C)CCSC(N)=N2)c1. The molecule has 2 aromatic carbocycles. The maximum atomic E-state index is 12.8. The highest BCUT2D eigenvalue weighted by Crippen LogP contribution is 2.36. The van der Waals surface area contributed by atoms with Gasteiger partial charge in [0.05, 0.1) is 5.54 Å². The molecule has 1 atom stereocenters. The molecule has 1 unspecified atom stereocenters. The maximum Gasteiger partial charge on any atom is 0.267 e. The number of rotatable bonds is 5. The molecule has 7 heteroatoms. The van der Waals surface area contributed by atoms with Crippen molar-refractivity contribution in [2.45, 2.75) is 38.3 Å². The topological polar surface area (TPSA) is 76.7 Å². The Morgan fingerprint density at radius 1 is 1.29 bits per heavy atom. The van der Waals surface area contributed by atoms with Gasteiger partial charge in [0.25, 0.3) is 5.91 Å². The predicted molar refractivity (Wildman–Crippen MR) is 117 cm³/mol. The minimum Gasteiger partial charge on any atom is -0.478 e. The van der Waals surface area contributed by atoms with E-state index in [0.29, 0.717) is 21.6 Å². The van der Waals surface area contributed by atoms with Gasteiger partial charge in [-0.2, -0.15) is 0 Å². The third-order valence-corrected chi connectivity index (χ3v) is 5.72. The van der Waals surface area contributed by atoms with Gasteiger partial charge >= 0.3 is 0 Å². The standard InChI is InChI=1S/C21H24ClN3O2S/c1-20(2,27-17-9-7-15(22)8-10-17)18(26)24-16-6-4-5-14(13-16)21(3)11-12-28-19(23)25-21/h4-10,13H,11-12H2,1-3H3,(H2,23,25)(H,24,26). The van der Waals surface area contributed by atoms with Crippen LogP contribution in [0.5, 0.6) is 5.75 Å². The second-order valence-corrected chi connectivity index (χ2v) is 8.98. The number of carbonyl (C=O) groups is 1. The summed E-state index contributed by atoms with van der Waals surface area (Å²) in [7, 11) is 0. The van der Waals surface area contributed by atoms with Crippen molar-refractivity contribution in [2.75, 3.05) is 11.1 Å². The van der Waals surface area contributed by atoms with Gasteiger partial charge in [0.2, 0.25) is 0 Å². The third kappa shape index (κ3) is 4.80. The Bertz CT molecular complexity index is 899. The van der Waals surface area contributed by atoms with Crippen LogP contribution < -0.4 is 15.8 Å². The molecule has 0 bridgehead atoms. The molecule has 1 aliphatic rings. The van der Waals surface area contributed by atoms with E-state index in [1.54, 1.807) is 49.9 Å². The second-order valence-electron chi connectivity index (χ2n) is 7.42. The molecule has 0 spiro atoms. The van der Waals surface area contributed by atoms with Crippen molar-refractivity contribution in [1.82, 2.24) is 0 Å². The van der Waals surface area contributed by atoms with Gasteiger partial charge in [-0.05, 0) is 69.2 Å². The summed E-state index contributed by atoms with van der Waals surface area (Å²) in [5, 5.41) is 4.16. The van der Waals surface area contributed by atoms with Crippen LogP contribution in [0.3, 0.4) is 0 Å². The first-order chi connectivity index (χ1) is 13.2. The molecular formula is C21H24ClN3O2S. The molecule has 148 valence electrons. The minimum atomic E-state index is -1.06. The molecule has 3 rings (SSSR count). The number of benzene rings is 2. The zero-order chi connectivity index (χ0) is 20.4. The van der Waals surface area contributed by atoms with E-state index < -0.39 is 5.60 Å². The largest absolute Gasteiger partial charge is 0.478 e. The summed E-state index contributed by atoms with van der Waals surface area (Å²) in [5.74, 6) is 1.26. The number of ether oxygens (including phenoxy) is 1. The van der Waals surface area contributed by atoms with Crippen molar-refractivity contribution >= 4 is 40.1 Å². The van der Waals surface area contributed by atoms with Crippen molar-refractivity contribution in [1.29, 1.82) is 0 Å². The molecule has 0 aliphatic carbocycles. The summed E-state index contributed by atoms with van der Waals surface area (Å²) in [4.78, 5) is 17.4. The summed E-state index contributed by atoms with van der Waals surface area (Å²) >= 11 is 7.47. The lowest BCUT2D eigenvalue weighted by atomic mass is 9.89. The average Bonchev–Trinajstić information content (AvgIpc) is 2.63. The lowest BCUT2D eigenvalue weighted by Crippen LogP contribution is -2.42. The van der Waals surface area contributed by atoms with Gasteiger partial charge in [-0.1, -0.05) is 35.5 Å². The van der Waals surface area contributed by atoms with Crippen molar-refractivity contribution in [3.63, 3.8) is 0 Å². The quantitative estimate of drug-likeness (QED) is 0.732. The number of anilines is 1. The summed E-state index contributed by atoms with van der Waals surface area (Å²) in [5.41, 5.74) is 6.20. The first-order valence-corrected chi connectivity index (χ1v) is 10.4. The number of amidine groups is 1. The zero-order valence-corrected chi connectivity index (χ0v) is 17.7. The molecule has 1 amide bonds. The molecule has 0 saturated heterocycles. The maximum absolute atomic E-state index is 12.8. The zero-order valence-electron chi connectivity index (χ0n) is 16.2. The van der Waals surface area contributed by atoms with Crippen LogP contribution in [0.15, 0.2) is 53.5 Å². The molecule has 0 aromatic heterocycles. The fourth-order valence-corrected chi connectivity index (χ4v) is 4.05. The molecule has 0 radical (unpaired) electrons. The summed E-state index contributed by atoms with van der Waals surface area (Å²) < 4.78 is 5.86. The van der Waals surface area contributed by atoms with E-state index in [1.807, 2.05) is 24.3 Å². The Hall–Kier alpha value is -2.18. The van der Waals surface area contributed by atoms with Gasteiger partial charge < -0.3 is 15.8 Å². The smallest absolute Gasteiger partial charge is 0.267 e. The van der Waals surface area contributed by atoms with E-state index in [1.165, 1.54) is 0 Å². The van der Waals surface area contributed by atoms with Gasteiger partial charge in [0.15, 0.2) is 10.8 Å². The Balaban J connectivity index is 1.75. The Morgan fingerprint density at radius 2 is 2.00 bits per heavy atom. The number of hydrogen-bond acceptors (Lipinski definition) is 5. The Kier molecular flexibility index (Phi) is 5.91. The highest BCUT2D eigenvalue weighted by molar-refractivity contribution is 8.13. The average molecular weight is 418 g/mol. The van der Waals surface area contributed by atoms with E-state index in [0.717, 1.165) is 17.7 Å². The first-order valence-electron chi connectivity index (χ1n) is 9.03. The summed E-state index contributed by atoms with van der Waals surface area (Å²) in [6.45, 7) is 5.52. The summed E-state index contributed by atoms with van der Waals surface area (Å²) in [6, 6.07) is 14.7. The van der Waals surface area contributed by atoms with Gasteiger partial charge in [-0.3, -0.25) is 9.79 Å². The predicted octanol–water partition coefficient (Wildman–Crippen LogP) is 4.80. The van der Waals surface area contributed by atoms with E-state index in [4.69, 9.17) is 22.1 Å². The highest BCUT2D eigenvalue weighted by atomic mass is 35.5. The Morgan fingerprint density at radius 3 is 2.68 bits per heavy atom. The van der Waals surface area contributed by atoms with Crippen LogP contribution in [-0.4, -0.2) is 22.4 Å². The van der Waals surface area contributed by atoms with Crippen molar-refractivity contribution < 1.29 is 9.53 Å². The Labute approximate surface area is 174 Å². The number of aliphatic imine (C=N–C) groups is 1. The fourth-order valence-electron chi connectivity index (χ4n) is 2.95. The van der Waals surface area contributed by atoms with Crippen LogP contribution >= 0.6 is 23.4 Å². The second kappa shape index (κ2) is 8.05. The lowest BCUT2D eigenvalue weighted by molar-refractivity contribution is -0.128. The van der Waals surface area contributed by atoms with Crippen LogP contribution in [0.2, 0.25) is 5.02 Å². The number of carbonyl (C=O) groups excluding carboxylic acids is 1. The molecule has 5 nitrogen and oxygen atoms in total. The van der Waals surface area contributed by atoms with Gasteiger partial charge in [0, 0.05) is 16.5 Å². The van der Waals surface area contributed by atoms with Crippen LogP contribution in [0, 0.1) is 0 Å². The molecule has 1 aliphatic heterocycles. The molecule has 2 aromatic rings. The molecule has 3 N–H and O–H groups in total. The number of nitrogens with one attached hydrogen (secondary N) is 1. The van der Waals surface area contributed by atoms with E-state index in [-0.39, 0.29) is 11.4 Å². The fraction of sp³-hybridized carbons (Fsp3) is 0.333. The number of nitrogens with two attached hydrogens (primary N) is 1. The van der Waals surface area contributed by atoms with E-state index in [9.17, 15) is 4.79 Å². The summed E-state index contributed by atoms with van der Waals surface area (Å²) in [6.07, 6.45) is 0.890. The normalized spacial score (nSPS) is 19.6. The number of halogens is 1. The monoisotopic (exact) mass is 417 g/mol. The van der Waals surface area contributed by atoms with Crippen molar-refractivity contribution in [3.8, 4) is 5.75 Å². The van der Waals surface area contributed by atoms with Crippen LogP contribution in [0.4, 0.5) is 5.69 Å². The number of amides is 1. The van der Waals surface area contributed by atoms with Crippen molar-refractivity contribution in [3.05, 3.63) is 59.1 Å². The van der Waals surface area contributed by atoms with Crippen molar-refractivity contribution in [2.24, 2.45) is 10.7 Å². The van der Waals surface area contributed by atoms with Gasteiger partial charge in [-0.25, -0.2) is 0 Å². The first kappa shape index (κ1) is 20.6. The van der Waals surface area contributed by atoms with E-state index >= 15 is 0 Å². The van der Waals surface area contributed by atoms with Crippen LogP contribution in [0.25, 0.3) is 0 Å². The highest BCUT2D eigenvalue weighted by Gasteiger charge is 2.32. The molecule has 0 fully saturated rings. The van der Waals surface area contributed by atoms with Crippen LogP contribution in [-0.2, 0) is 10.3 Å². The third-order valence-electron chi connectivity index (χ3n) is 4.67. The molecule has 1 heterocycles. The van der Waals surface area contributed by atoms with E-state index in [2.05, 4.69) is 17.2 Å². The molecule has 0 saturated carbocycles. The van der Waals surface area contributed by atoms with Crippen LogP contribution in [0.1, 0.15) is 32.8 Å².